The van der Waals surface area contributed by atoms with Gasteiger partial charge in [-0.05, 0) is 50.9 Å². The first-order chi connectivity index (χ1) is 14.1. The summed E-state index contributed by atoms with van der Waals surface area (Å²) >= 11 is 7.94. The van der Waals surface area contributed by atoms with E-state index in [4.69, 9.17) is 11.6 Å². The third kappa shape index (κ3) is 4.42. The summed E-state index contributed by atoms with van der Waals surface area (Å²) in [5.41, 5.74) is 0.444. The monoisotopic (exact) mass is 439 g/mol. The molecule has 0 radical (unpaired) electrons. The molecule has 5 nitrogen and oxygen atoms in total. The average molecular weight is 440 g/mol. The van der Waals surface area contributed by atoms with Crippen molar-refractivity contribution in [1.82, 2.24) is 15.1 Å². The fourth-order valence-electron chi connectivity index (χ4n) is 4.38. The first kappa shape index (κ1) is 20.9. The zero-order valence-corrected chi connectivity index (χ0v) is 18.0. The maximum Gasteiger partial charge on any atom is 0.243 e. The zero-order valence-electron chi connectivity index (χ0n) is 16.4. The molecule has 3 fully saturated rings. The van der Waals surface area contributed by atoms with E-state index in [0.29, 0.717) is 22.2 Å². The number of amides is 2. The van der Waals surface area contributed by atoms with Crippen LogP contribution >= 0.6 is 23.4 Å². The van der Waals surface area contributed by atoms with Gasteiger partial charge in [-0.25, -0.2) is 4.39 Å². The van der Waals surface area contributed by atoms with E-state index in [0.717, 1.165) is 45.2 Å². The third-order valence-electron chi connectivity index (χ3n) is 6.31. The van der Waals surface area contributed by atoms with E-state index in [1.807, 2.05) is 0 Å². The van der Waals surface area contributed by atoms with Crippen molar-refractivity contribution in [3.63, 3.8) is 0 Å². The van der Waals surface area contributed by atoms with Crippen LogP contribution in [0, 0.1) is 11.7 Å². The van der Waals surface area contributed by atoms with Crippen LogP contribution in [-0.4, -0.2) is 58.9 Å². The van der Waals surface area contributed by atoms with Gasteiger partial charge in [-0.15, -0.1) is 11.8 Å². The van der Waals surface area contributed by atoms with Crippen LogP contribution in [0.5, 0.6) is 0 Å². The predicted octanol–water partition coefficient (Wildman–Crippen LogP) is 3.43. The van der Waals surface area contributed by atoms with Crippen LogP contribution in [0.1, 0.15) is 43.7 Å². The Balaban J connectivity index is 1.45. The minimum absolute atomic E-state index is 0.0820. The fourth-order valence-corrected chi connectivity index (χ4v) is 5.83. The Morgan fingerprint density at radius 3 is 2.66 bits per heavy atom. The molecule has 8 heteroatoms. The van der Waals surface area contributed by atoms with Gasteiger partial charge in [0.05, 0.1) is 11.9 Å². The van der Waals surface area contributed by atoms with Crippen LogP contribution in [0.25, 0.3) is 0 Å². The van der Waals surface area contributed by atoms with E-state index in [2.05, 4.69) is 10.2 Å². The van der Waals surface area contributed by atoms with Gasteiger partial charge in [0.15, 0.2) is 0 Å². The van der Waals surface area contributed by atoms with Crippen LogP contribution < -0.4 is 5.32 Å². The van der Waals surface area contributed by atoms with Gasteiger partial charge in [0.1, 0.15) is 11.9 Å². The molecule has 2 atom stereocenters. The molecule has 0 bridgehead atoms. The molecule has 2 aliphatic heterocycles. The standard InChI is InChI=1S/C21H27ClFN3O2S/c22-15-7-4-8-16(23)19(15)17(25-9-1-2-10-25)11-24-20(27)18-12-29-13-26(18)21(28)14-5-3-6-14/h4,7-8,14,17-18H,1-3,5-6,9-13H2,(H,24,27). The number of benzene rings is 1. The molecule has 158 valence electrons. The first-order valence-corrected chi connectivity index (χ1v) is 11.9. The van der Waals surface area contributed by atoms with Crippen molar-refractivity contribution in [2.24, 2.45) is 5.92 Å². The maximum atomic E-state index is 14.6. The van der Waals surface area contributed by atoms with Crippen molar-refractivity contribution in [1.29, 1.82) is 0 Å². The van der Waals surface area contributed by atoms with E-state index in [9.17, 15) is 14.0 Å². The highest BCUT2D eigenvalue weighted by Crippen LogP contribution is 2.33. The van der Waals surface area contributed by atoms with Crippen molar-refractivity contribution in [3.05, 3.63) is 34.6 Å². The van der Waals surface area contributed by atoms with Crippen LogP contribution in [-0.2, 0) is 9.59 Å². The smallest absolute Gasteiger partial charge is 0.243 e. The second-order valence-electron chi connectivity index (χ2n) is 8.09. The summed E-state index contributed by atoms with van der Waals surface area (Å²) in [5.74, 6) is 0.871. The van der Waals surface area contributed by atoms with E-state index in [-0.39, 0.29) is 36.1 Å². The molecular weight excluding hydrogens is 413 g/mol. The Kier molecular flexibility index (Phi) is 6.66. The molecule has 2 amide bonds. The predicted molar refractivity (Wildman–Crippen MR) is 113 cm³/mol. The molecule has 1 aliphatic carbocycles. The van der Waals surface area contributed by atoms with Crippen molar-refractivity contribution >= 4 is 35.2 Å². The number of carbonyl (C=O) groups is 2. The number of hydrogen-bond acceptors (Lipinski definition) is 4. The topological polar surface area (TPSA) is 52.7 Å². The van der Waals surface area contributed by atoms with E-state index in [1.54, 1.807) is 28.8 Å². The summed E-state index contributed by atoms with van der Waals surface area (Å²) in [6, 6.07) is 3.96. The van der Waals surface area contributed by atoms with Crippen molar-refractivity contribution in [2.45, 2.75) is 44.2 Å². The zero-order chi connectivity index (χ0) is 20.4. The van der Waals surface area contributed by atoms with Crippen LogP contribution in [0.3, 0.4) is 0 Å². The van der Waals surface area contributed by atoms with Gasteiger partial charge >= 0.3 is 0 Å². The normalized spacial score (nSPS) is 23.8. The van der Waals surface area contributed by atoms with E-state index >= 15 is 0 Å². The highest BCUT2D eigenvalue weighted by Gasteiger charge is 2.39. The van der Waals surface area contributed by atoms with Gasteiger partial charge < -0.3 is 10.2 Å². The molecular formula is C21H27ClFN3O2S. The molecule has 2 heterocycles. The first-order valence-electron chi connectivity index (χ1n) is 10.4. The number of nitrogens with one attached hydrogen (secondary N) is 1. The highest BCUT2D eigenvalue weighted by molar-refractivity contribution is 7.99. The molecule has 1 aromatic carbocycles. The van der Waals surface area contributed by atoms with Crippen LogP contribution in [0.4, 0.5) is 4.39 Å². The summed E-state index contributed by atoms with van der Waals surface area (Å²) in [5, 5.41) is 3.38. The maximum absolute atomic E-state index is 14.6. The van der Waals surface area contributed by atoms with Crippen molar-refractivity contribution < 1.29 is 14.0 Å². The number of carbonyl (C=O) groups excluding carboxylic acids is 2. The molecule has 1 aromatic rings. The fraction of sp³-hybridized carbons (Fsp3) is 0.619. The van der Waals surface area contributed by atoms with Gasteiger partial charge in [-0.2, -0.15) is 0 Å². The molecule has 1 saturated carbocycles. The number of thioether (sulfide) groups is 1. The quantitative estimate of drug-likeness (QED) is 0.737. The summed E-state index contributed by atoms with van der Waals surface area (Å²) < 4.78 is 14.6. The summed E-state index contributed by atoms with van der Waals surface area (Å²) in [6.07, 6.45) is 5.06. The molecule has 1 N–H and O–H groups in total. The van der Waals surface area contributed by atoms with Gasteiger partial charge in [-0.1, -0.05) is 24.1 Å². The number of rotatable bonds is 6. The lowest BCUT2D eigenvalue weighted by Gasteiger charge is -2.33. The van der Waals surface area contributed by atoms with E-state index in [1.165, 1.54) is 6.07 Å². The molecule has 2 saturated heterocycles. The SMILES string of the molecule is O=C(NCC(c1c(F)cccc1Cl)N1CCCC1)C1CSCN1C(=O)C1CCC1. The molecule has 3 aliphatic rings. The molecule has 2 unspecified atom stereocenters. The number of nitrogens with zero attached hydrogens (tertiary/aromatic N) is 2. The van der Waals surface area contributed by atoms with Crippen LogP contribution in [0.15, 0.2) is 18.2 Å². The Labute approximate surface area is 180 Å². The van der Waals surface area contributed by atoms with Crippen molar-refractivity contribution in [3.8, 4) is 0 Å². The van der Waals surface area contributed by atoms with Crippen LogP contribution in [0.2, 0.25) is 5.02 Å². The lowest BCUT2D eigenvalue weighted by Crippen LogP contribution is -2.51. The second-order valence-corrected chi connectivity index (χ2v) is 9.50. The largest absolute Gasteiger partial charge is 0.352 e. The van der Waals surface area contributed by atoms with Gasteiger partial charge in [0.2, 0.25) is 11.8 Å². The van der Waals surface area contributed by atoms with Gasteiger partial charge in [-0.3, -0.25) is 14.5 Å². The third-order valence-corrected chi connectivity index (χ3v) is 7.65. The number of likely N-dealkylation sites (tertiary alicyclic amines) is 1. The Hall–Kier alpha value is -1.31. The summed E-state index contributed by atoms with van der Waals surface area (Å²) in [6.45, 7) is 2.00. The molecule has 0 spiro atoms. The minimum Gasteiger partial charge on any atom is -0.352 e. The van der Waals surface area contributed by atoms with Crippen molar-refractivity contribution in [2.75, 3.05) is 31.3 Å². The highest BCUT2D eigenvalue weighted by atomic mass is 35.5. The number of hydrogen-bond donors (Lipinski definition) is 1. The molecule has 4 rings (SSSR count). The average Bonchev–Trinajstić information content (AvgIpc) is 3.34. The second kappa shape index (κ2) is 9.23. The summed E-state index contributed by atoms with van der Waals surface area (Å²) in [4.78, 5) is 29.5. The van der Waals surface area contributed by atoms with Gasteiger partial charge in [0, 0.05) is 28.8 Å². The Bertz CT molecular complexity index is 750. The van der Waals surface area contributed by atoms with E-state index < -0.39 is 6.04 Å². The minimum atomic E-state index is -0.441. The lowest BCUT2D eigenvalue weighted by molar-refractivity contribution is -0.143. The molecule has 0 aromatic heterocycles. The van der Waals surface area contributed by atoms with Gasteiger partial charge in [0.25, 0.3) is 0 Å². The number of halogens is 2. The Morgan fingerprint density at radius 1 is 1.24 bits per heavy atom. The summed E-state index contributed by atoms with van der Waals surface area (Å²) in [7, 11) is 0. The lowest BCUT2D eigenvalue weighted by atomic mass is 9.84. The Morgan fingerprint density at radius 2 is 2.00 bits per heavy atom. The molecule has 29 heavy (non-hydrogen) atoms.